The number of carbonyl (C=O) groups is 2. The number of amides is 2. The quantitative estimate of drug-likeness (QED) is 0.877. The van der Waals surface area contributed by atoms with Gasteiger partial charge in [0.1, 0.15) is 11.4 Å². The van der Waals surface area contributed by atoms with Gasteiger partial charge in [0.05, 0.1) is 0 Å². The molecular formula is C20H22N4O3. The van der Waals surface area contributed by atoms with E-state index in [2.05, 4.69) is 10.3 Å². The molecule has 7 heteroatoms. The summed E-state index contributed by atoms with van der Waals surface area (Å²) in [4.78, 5) is 42.5. The van der Waals surface area contributed by atoms with Crippen molar-refractivity contribution in [2.75, 3.05) is 13.1 Å². The van der Waals surface area contributed by atoms with Gasteiger partial charge in [-0.25, -0.2) is 0 Å². The van der Waals surface area contributed by atoms with E-state index in [0.717, 1.165) is 18.5 Å². The molecule has 0 aliphatic carbocycles. The Bertz CT molecular complexity index is 953. The van der Waals surface area contributed by atoms with Crippen LogP contribution in [-0.2, 0) is 24.3 Å². The number of benzene rings is 1. The second-order valence-electron chi connectivity index (χ2n) is 7.54. The molecule has 1 aromatic heterocycles. The first-order chi connectivity index (χ1) is 13.0. The highest BCUT2D eigenvalue weighted by Gasteiger charge is 2.44. The molecule has 0 saturated carbocycles. The van der Waals surface area contributed by atoms with Gasteiger partial charge in [-0.15, -0.1) is 0 Å². The van der Waals surface area contributed by atoms with Crippen LogP contribution < -0.4 is 10.9 Å². The Balaban J connectivity index is 1.50. The van der Waals surface area contributed by atoms with Crippen molar-refractivity contribution in [2.24, 2.45) is 5.41 Å². The molecule has 1 N–H and O–H groups in total. The van der Waals surface area contributed by atoms with Crippen LogP contribution in [0.4, 0.5) is 0 Å². The minimum absolute atomic E-state index is 0.0631. The van der Waals surface area contributed by atoms with Crippen molar-refractivity contribution in [1.29, 1.82) is 0 Å². The first kappa shape index (κ1) is 17.5. The summed E-state index contributed by atoms with van der Waals surface area (Å²) in [6.45, 7) is 4.03. The fraction of sp³-hybridized carbons (Fsp3) is 0.400. The highest BCUT2D eigenvalue weighted by atomic mass is 16.2. The molecule has 27 heavy (non-hydrogen) atoms. The van der Waals surface area contributed by atoms with Gasteiger partial charge in [-0.1, -0.05) is 30.3 Å². The van der Waals surface area contributed by atoms with E-state index < -0.39 is 11.5 Å². The van der Waals surface area contributed by atoms with E-state index in [-0.39, 0.29) is 16.9 Å². The van der Waals surface area contributed by atoms with Crippen LogP contribution in [0.15, 0.2) is 41.3 Å². The lowest BCUT2D eigenvalue weighted by Gasteiger charge is -2.22. The number of likely N-dealkylation sites (tertiary alicyclic amines) is 1. The van der Waals surface area contributed by atoms with Crippen molar-refractivity contribution >= 4 is 11.8 Å². The number of nitrogens with zero attached hydrogens (tertiary/aromatic N) is 3. The predicted octanol–water partition coefficient (Wildman–Crippen LogP) is 0.968. The van der Waals surface area contributed by atoms with E-state index in [0.29, 0.717) is 31.9 Å². The van der Waals surface area contributed by atoms with Crippen molar-refractivity contribution in [3.05, 3.63) is 63.8 Å². The van der Waals surface area contributed by atoms with Gasteiger partial charge in [0.15, 0.2) is 0 Å². The topological polar surface area (TPSA) is 84.3 Å². The number of nitrogens with one attached hydrogen (secondary N) is 1. The minimum Gasteiger partial charge on any atom is -0.348 e. The summed E-state index contributed by atoms with van der Waals surface area (Å²) in [5.41, 5.74) is 0.463. The third-order valence-corrected chi connectivity index (χ3v) is 5.54. The van der Waals surface area contributed by atoms with Gasteiger partial charge in [0, 0.05) is 51.1 Å². The molecule has 2 aliphatic rings. The van der Waals surface area contributed by atoms with Gasteiger partial charge in [-0.05, 0) is 12.0 Å². The van der Waals surface area contributed by atoms with Gasteiger partial charge in [0.25, 0.3) is 11.5 Å². The molecule has 0 radical (unpaired) electrons. The number of rotatable bonds is 3. The van der Waals surface area contributed by atoms with E-state index in [1.165, 1.54) is 0 Å². The Hall–Kier alpha value is -2.96. The predicted molar refractivity (Wildman–Crippen MR) is 99.1 cm³/mol. The standard InChI is InChI=1S/C20H22N4O3/c1-14(25)23-8-7-20(12-23)9-17-22-19(27)16(11-24(17)13-20)18(26)21-10-15-5-3-2-4-6-15/h2-6,11H,7-10,12-13H2,1H3,(H,21,26)/t20-/m0/s1. The Morgan fingerprint density at radius 2 is 2.00 bits per heavy atom. The Kier molecular flexibility index (Phi) is 4.30. The molecule has 1 atom stereocenters. The fourth-order valence-corrected chi connectivity index (χ4v) is 4.06. The van der Waals surface area contributed by atoms with Crippen molar-refractivity contribution < 1.29 is 9.59 Å². The average Bonchev–Trinajstić information content (AvgIpc) is 3.22. The molecule has 4 rings (SSSR count). The summed E-state index contributed by atoms with van der Waals surface area (Å²) in [5.74, 6) is 0.362. The van der Waals surface area contributed by atoms with Crippen LogP contribution in [0.1, 0.15) is 35.1 Å². The lowest BCUT2D eigenvalue weighted by Crippen LogP contribution is -2.31. The maximum atomic E-state index is 12.5. The minimum atomic E-state index is -0.495. The maximum absolute atomic E-state index is 12.5. The molecule has 0 bridgehead atoms. The smallest absolute Gasteiger partial charge is 0.285 e. The zero-order valence-electron chi connectivity index (χ0n) is 15.3. The molecule has 1 aromatic carbocycles. The maximum Gasteiger partial charge on any atom is 0.285 e. The van der Waals surface area contributed by atoms with Gasteiger partial charge < -0.3 is 14.8 Å². The third-order valence-electron chi connectivity index (χ3n) is 5.54. The van der Waals surface area contributed by atoms with Crippen molar-refractivity contribution in [1.82, 2.24) is 19.8 Å². The van der Waals surface area contributed by atoms with E-state index >= 15 is 0 Å². The average molecular weight is 366 g/mol. The van der Waals surface area contributed by atoms with Gasteiger partial charge in [-0.2, -0.15) is 4.98 Å². The zero-order valence-corrected chi connectivity index (χ0v) is 15.3. The zero-order chi connectivity index (χ0) is 19.0. The summed E-state index contributed by atoms with van der Waals surface area (Å²) in [5, 5.41) is 2.79. The Morgan fingerprint density at radius 3 is 2.70 bits per heavy atom. The number of hydrogen-bond acceptors (Lipinski definition) is 4. The van der Waals surface area contributed by atoms with Crippen LogP contribution in [0.5, 0.6) is 0 Å². The molecule has 140 valence electrons. The second-order valence-corrected chi connectivity index (χ2v) is 7.54. The lowest BCUT2D eigenvalue weighted by atomic mass is 9.86. The van der Waals surface area contributed by atoms with E-state index in [1.807, 2.05) is 39.8 Å². The summed E-state index contributed by atoms with van der Waals surface area (Å²) < 4.78 is 1.91. The van der Waals surface area contributed by atoms with Crippen molar-refractivity contribution in [2.45, 2.75) is 32.9 Å². The molecule has 2 aromatic rings. The molecule has 2 amide bonds. The SMILES string of the molecule is CC(=O)N1CC[C@]2(Cc3nc(=O)c(C(=O)NCc4ccccc4)cn3C2)C1. The summed E-state index contributed by atoms with van der Waals surface area (Å²) in [6.07, 6.45) is 3.17. The van der Waals surface area contributed by atoms with Crippen molar-refractivity contribution in [3.63, 3.8) is 0 Å². The number of fused-ring (bicyclic) bond motifs is 1. The molecular weight excluding hydrogens is 344 g/mol. The van der Waals surface area contributed by atoms with Crippen LogP contribution in [0.3, 0.4) is 0 Å². The van der Waals surface area contributed by atoms with Gasteiger partial charge in [-0.3, -0.25) is 14.4 Å². The first-order valence-electron chi connectivity index (χ1n) is 9.14. The monoisotopic (exact) mass is 366 g/mol. The van der Waals surface area contributed by atoms with Crippen LogP contribution in [0.25, 0.3) is 0 Å². The number of carbonyl (C=O) groups excluding carboxylic acids is 2. The Labute approximate surface area is 157 Å². The molecule has 0 unspecified atom stereocenters. The van der Waals surface area contributed by atoms with E-state index in [4.69, 9.17) is 0 Å². The summed E-state index contributed by atoms with van der Waals surface area (Å²) in [7, 11) is 0. The first-order valence-corrected chi connectivity index (χ1v) is 9.14. The highest BCUT2D eigenvalue weighted by Crippen LogP contribution is 2.39. The molecule has 1 saturated heterocycles. The number of hydrogen-bond donors (Lipinski definition) is 1. The summed E-state index contributed by atoms with van der Waals surface area (Å²) in [6, 6.07) is 9.54. The molecule has 1 fully saturated rings. The van der Waals surface area contributed by atoms with Gasteiger partial charge >= 0.3 is 0 Å². The van der Waals surface area contributed by atoms with Crippen LogP contribution in [0, 0.1) is 5.41 Å². The Morgan fingerprint density at radius 1 is 1.22 bits per heavy atom. The molecule has 2 aliphatic heterocycles. The largest absolute Gasteiger partial charge is 0.348 e. The third kappa shape index (κ3) is 3.37. The molecule has 1 spiro atoms. The second kappa shape index (κ2) is 6.64. The molecule has 7 nitrogen and oxygen atoms in total. The van der Waals surface area contributed by atoms with E-state index in [9.17, 15) is 14.4 Å². The number of aromatic nitrogens is 2. The van der Waals surface area contributed by atoms with Crippen LogP contribution in [-0.4, -0.2) is 39.4 Å². The van der Waals surface area contributed by atoms with E-state index in [1.54, 1.807) is 13.1 Å². The van der Waals surface area contributed by atoms with Crippen molar-refractivity contribution in [3.8, 4) is 0 Å². The van der Waals surface area contributed by atoms with Crippen LogP contribution in [0.2, 0.25) is 0 Å². The fourth-order valence-electron chi connectivity index (χ4n) is 4.06. The molecule has 3 heterocycles. The summed E-state index contributed by atoms with van der Waals surface area (Å²) >= 11 is 0. The lowest BCUT2D eigenvalue weighted by molar-refractivity contribution is -0.128. The van der Waals surface area contributed by atoms with Gasteiger partial charge in [0.2, 0.25) is 5.91 Å². The van der Waals surface area contributed by atoms with Crippen LogP contribution >= 0.6 is 0 Å². The normalized spacial score (nSPS) is 20.7. The highest BCUT2D eigenvalue weighted by molar-refractivity contribution is 5.93.